The highest BCUT2D eigenvalue weighted by atomic mass is 32.2. The van der Waals surface area contributed by atoms with Crippen LogP contribution < -0.4 is 15.4 Å². The van der Waals surface area contributed by atoms with Gasteiger partial charge in [0.15, 0.2) is 5.82 Å². The number of hydrogen-bond acceptors (Lipinski definition) is 8. The van der Waals surface area contributed by atoms with Gasteiger partial charge in [-0.15, -0.1) is 5.10 Å². The number of nitrogens with zero attached hydrogens (tertiary/aromatic N) is 6. The lowest BCUT2D eigenvalue weighted by Gasteiger charge is -2.36. The Morgan fingerprint density at radius 2 is 1.94 bits per heavy atom. The highest BCUT2D eigenvalue weighted by Crippen LogP contribution is 2.26. The normalized spacial score (nSPS) is 16.5. The third kappa shape index (κ3) is 4.12. The summed E-state index contributed by atoms with van der Waals surface area (Å²) in [5.41, 5.74) is 4.30. The van der Waals surface area contributed by atoms with E-state index in [1.807, 2.05) is 30.0 Å². The molecule has 8 nitrogen and oxygen atoms in total. The highest BCUT2D eigenvalue weighted by molar-refractivity contribution is 7.98. The summed E-state index contributed by atoms with van der Waals surface area (Å²) < 4.78 is 6.67. The lowest BCUT2D eigenvalue weighted by Crippen LogP contribution is -2.47. The summed E-state index contributed by atoms with van der Waals surface area (Å²) in [4.78, 5) is 21.8. The van der Waals surface area contributed by atoms with E-state index in [1.54, 1.807) is 18.0 Å². The molecule has 2 aliphatic rings. The molecule has 2 aliphatic heterocycles. The number of methoxy groups -OCH3 is 1. The Kier molecular flexibility index (Phi) is 5.78. The van der Waals surface area contributed by atoms with Crippen molar-refractivity contribution < 1.29 is 4.74 Å². The first-order valence-corrected chi connectivity index (χ1v) is 11.8. The van der Waals surface area contributed by atoms with E-state index in [0.29, 0.717) is 18.5 Å². The zero-order valence-electron chi connectivity index (χ0n) is 17.7. The summed E-state index contributed by atoms with van der Waals surface area (Å²) >= 11 is 1.97. The Morgan fingerprint density at radius 1 is 1.10 bits per heavy atom. The first-order chi connectivity index (χ1) is 15.2. The van der Waals surface area contributed by atoms with E-state index in [1.165, 1.54) is 5.56 Å². The number of piperazine rings is 1. The lowest BCUT2D eigenvalue weighted by atomic mass is 10.1. The molecular weight excluding hydrogens is 412 g/mol. The van der Waals surface area contributed by atoms with Crippen LogP contribution in [0, 0.1) is 0 Å². The van der Waals surface area contributed by atoms with Gasteiger partial charge >= 0.3 is 0 Å². The van der Waals surface area contributed by atoms with Gasteiger partial charge in [0.2, 0.25) is 0 Å². The molecule has 2 aromatic heterocycles. The fourth-order valence-corrected chi connectivity index (χ4v) is 5.12. The maximum Gasteiger partial charge on any atom is 0.261 e. The van der Waals surface area contributed by atoms with Crippen LogP contribution in [-0.2, 0) is 23.5 Å². The largest absolute Gasteiger partial charge is 0.383 e. The molecule has 1 fully saturated rings. The molecule has 0 amide bonds. The molecule has 3 aromatic rings. The molecule has 0 N–H and O–H groups in total. The molecule has 0 spiro atoms. The predicted octanol–water partition coefficient (Wildman–Crippen LogP) is 1.95. The summed E-state index contributed by atoms with van der Waals surface area (Å²) in [5.74, 6) is 3.16. The molecule has 0 radical (unpaired) electrons. The van der Waals surface area contributed by atoms with Crippen LogP contribution in [-0.4, -0.2) is 65.4 Å². The third-order valence-corrected chi connectivity index (χ3v) is 7.01. The molecule has 0 saturated carbocycles. The van der Waals surface area contributed by atoms with Gasteiger partial charge in [0, 0.05) is 51.1 Å². The van der Waals surface area contributed by atoms with Gasteiger partial charge in [-0.2, -0.15) is 16.9 Å². The van der Waals surface area contributed by atoms with Crippen molar-refractivity contribution in [3.05, 3.63) is 52.2 Å². The van der Waals surface area contributed by atoms with Gasteiger partial charge in [0.25, 0.3) is 5.56 Å². The number of ether oxygens (including phenoxy) is 1. The van der Waals surface area contributed by atoms with Crippen LogP contribution in [0.2, 0.25) is 0 Å². The zero-order valence-corrected chi connectivity index (χ0v) is 18.5. The predicted molar refractivity (Wildman–Crippen MR) is 124 cm³/mol. The zero-order chi connectivity index (χ0) is 21.2. The van der Waals surface area contributed by atoms with Gasteiger partial charge in [-0.25, -0.2) is 4.98 Å². The van der Waals surface area contributed by atoms with Gasteiger partial charge in [0.1, 0.15) is 0 Å². The van der Waals surface area contributed by atoms with Crippen LogP contribution in [0.5, 0.6) is 0 Å². The Hall–Kier alpha value is -2.65. The number of hydrogen-bond donors (Lipinski definition) is 0. The van der Waals surface area contributed by atoms with Crippen molar-refractivity contribution in [1.82, 2.24) is 19.7 Å². The second-order valence-electron chi connectivity index (χ2n) is 7.89. The fraction of sp³-hybridized carbons (Fsp3) is 0.455. The monoisotopic (exact) mass is 438 g/mol. The van der Waals surface area contributed by atoms with Crippen LogP contribution >= 0.6 is 11.8 Å². The van der Waals surface area contributed by atoms with E-state index < -0.39 is 0 Å². The second-order valence-corrected chi connectivity index (χ2v) is 8.99. The van der Waals surface area contributed by atoms with Crippen molar-refractivity contribution in [2.24, 2.45) is 0 Å². The first kappa shape index (κ1) is 20.3. The van der Waals surface area contributed by atoms with Gasteiger partial charge in [-0.3, -0.25) is 9.36 Å². The number of thioether (sulfide) groups is 1. The summed E-state index contributed by atoms with van der Waals surface area (Å²) in [6.45, 7) is 4.57. The minimum absolute atomic E-state index is 0.0254. The minimum Gasteiger partial charge on any atom is -0.383 e. The van der Waals surface area contributed by atoms with E-state index >= 15 is 0 Å². The maximum absolute atomic E-state index is 12.7. The Labute approximate surface area is 185 Å². The molecule has 0 bridgehead atoms. The van der Waals surface area contributed by atoms with Crippen molar-refractivity contribution in [3.8, 4) is 0 Å². The molecular formula is C22H26N6O2S. The smallest absolute Gasteiger partial charge is 0.261 e. The summed E-state index contributed by atoms with van der Waals surface area (Å²) in [6, 6.07) is 8.15. The van der Waals surface area contributed by atoms with Gasteiger partial charge in [0.05, 0.1) is 36.1 Å². The van der Waals surface area contributed by atoms with Gasteiger partial charge < -0.3 is 14.5 Å². The van der Waals surface area contributed by atoms with E-state index in [-0.39, 0.29) is 5.56 Å². The maximum atomic E-state index is 12.7. The van der Waals surface area contributed by atoms with Crippen LogP contribution in [0.4, 0.5) is 11.5 Å². The van der Waals surface area contributed by atoms with Gasteiger partial charge in [-0.1, -0.05) is 0 Å². The van der Waals surface area contributed by atoms with Crippen LogP contribution in [0.3, 0.4) is 0 Å². The molecule has 1 aromatic carbocycles. The molecule has 9 heteroatoms. The number of rotatable bonds is 5. The van der Waals surface area contributed by atoms with Crippen molar-refractivity contribution in [1.29, 1.82) is 0 Å². The highest BCUT2D eigenvalue weighted by Gasteiger charge is 2.21. The number of aromatic nitrogens is 4. The van der Waals surface area contributed by atoms with Crippen molar-refractivity contribution in [2.75, 3.05) is 55.4 Å². The van der Waals surface area contributed by atoms with E-state index in [2.05, 4.69) is 31.0 Å². The van der Waals surface area contributed by atoms with Crippen molar-refractivity contribution in [3.63, 3.8) is 0 Å². The lowest BCUT2D eigenvalue weighted by molar-refractivity contribution is 0.186. The second kappa shape index (κ2) is 8.84. The molecule has 0 atom stereocenters. The number of fused-ring (bicyclic) bond motifs is 2. The Balaban J connectivity index is 1.29. The quantitative estimate of drug-likeness (QED) is 0.598. The Bertz CT molecular complexity index is 1140. The standard InChI is InChI=1S/C22H26N6O2S/c1-30-10-9-28-15-23-20-13-17(2-3-18(20)22(28)29)26-5-7-27(8-6-26)21-12-16-14-31-11-4-19(16)24-25-21/h2-3,12-13,15H,4-11,14H2,1H3. The van der Waals surface area contributed by atoms with E-state index in [9.17, 15) is 4.79 Å². The molecule has 0 unspecified atom stereocenters. The van der Waals surface area contributed by atoms with E-state index in [4.69, 9.17) is 4.74 Å². The molecule has 0 aliphatic carbocycles. The van der Waals surface area contributed by atoms with Crippen LogP contribution in [0.25, 0.3) is 10.9 Å². The number of aryl methyl sites for hydroxylation is 1. The average molecular weight is 439 g/mol. The van der Waals surface area contributed by atoms with Crippen molar-refractivity contribution in [2.45, 2.75) is 18.7 Å². The SMILES string of the molecule is COCCn1cnc2cc(N3CCN(c4cc5c(nn4)CCSC5)CC3)ccc2c1=O. The topological polar surface area (TPSA) is 76.4 Å². The fourth-order valence-electron chi connectivity index (χ4n) is 4.17. The summed E-state index contributed by atoms with van der Waals surface area (Å²) in [5, 5.41) is 9.60. The number of benzene rings is 1. The number of anilines is 2. The van der Waals surface area contributed by atoms with Gasteiger partial charge in [-0.05, 0) is 35.6 Å². The molecule has 1 saturated heterocycles. The average Bonchev–Trinajstić information content (AvgIpc) is 2.83. The van der Waals surface area contributed by atoms with Crippen LogP contribution in [0.1, 0.15) is 11.3 Å². The molecule has 5 rings (SSSR count). The third-order valence-electron chi connectivity index (χ3n) is 6.00. The minimum atomic E-state index is -0.0254. The van der Waals surface area contributed by atoms with Crippen molar-refractivity contribution >= 4 is 34.2 Å². The molecule has 4 heterocycles. The molecule has 31 heavy (non-hydrogen) atoms. The summed E-state index contributed by atoms with van der Waals surface area (Å²) in [6.07, 6.45) is 2.63. The van der Waals surface area contributed by atoms with Crippen LogP contribution in [0.15, 0.2) is 35.4 Å². The first-order valence-electron chi connectivity index (χ1n) is 10.6. The Morgan fingerprint density at radius 3 is 2.77 bits per heavy atom. The summed E-state index contributed by atoms with van der Waals surface area (Å²) in [7, 11) is 1.63. The van der Waals surface area contributed by atoms with E-state index in [0.717, 1.165) is 66.8 Å². The molecule has 162 valence electrons.